The van der Waals surface area contributed by atoms with Crippen molar-refractivity contribution in [1.29, 1.82) is 0 Å². The van der Waals surface area contributed by atoms with Crippen LogP contribution in [-0.4, -0.2) is 50.6 Å². The molecule has 0 radical (unpaired) electrons. The lowest BCUT2D eigenvalue weighted by atomic mass is 10.1. The van der Waals surface area contributed by atoms with Gasteiger partial charge in [0.2, 0.25) is 0 Å². The Hall–Kier alpha value is -1.07. The number of hydrogen-bond acceptors (Lipinski definition) is 3. The third kappa shape index (κ3) is 5.97. The number of likely N-dealkylation sites (tertiary alicyclic amines) is 1. The van der Waals surface area contributed by atoms with Gasteiger partial charge in [0.05, 0.1) is 0 Å². The summed E-state index contributed by atoms with van der Waals surface area (Å²) in [6.07, 6.45) is 5.25. The highest BCUT2D eigenvalue weighted by atomic mass is 32.1. The lowest BCUT2D eigenvalue weighted by Crippen LogP contribution is -2.39. The molecule has 4 nitrogen and oxygen atoms in total. The quantitative estimate of drug-likeness (QED) is 0.439. The van der Waals surface area contributed by atoms with E-state index in [-0.39, 0.29) is 0 Å². The summed E-state index contributed by atoms with van der Waals surface area (Å²) in [6, 6.07) is 4.31. The third-order valence-corrected chi connectivity index (χ3v) is 5.32. The van der Waals surface area contributed by atoms with Crippen molar-refractivity contribution in [2.75, 3.05) is 39.8 Å². The summed E-state index contributed by atoms with van der Waals surface area (Å²) in [5.74, 6) is 1.44. The molecule has 0 saturated carbocycles. The molecule has 1 aliphatic rings. The Kier molecular flexibility index (Phi) is 7.74. The van der Waals surface area contributed by atoms with Crippen LogP contribution < -0.4 is 10.6 Å². The zero-order valence-corrected chi connectivity index (χ0v) is 14.8. The largest absolute Gasteiger partial charge is 0.356 e. The van der Waals surface area contributed by atoms with E-state index >= 15 is 0 Å². The van der Waals surface area contributed by atoms with Gasteiger partial charge in [-0.25, -0.2) is 0 Å². The molecule has 22 heavy (non-hydrogen) atoms. The fourth-order valence-electron chi connectivity index (χ4n) is 2.82. The van der Waals surface area contributed by atoms with E-state index in [1.165, 1.54) is 50.2 Å². The molecule has 1 fully saturated rings. The molecule has 0 spiro atoms. The van der Waals surface area contributed by atoms with Gasteiger partial charge in [0.1, 0.15) is 0 Å². The van der Waals surface area contributed by atoms with E-state index in [1.54, 1.807) is 0 Å². The molecular formula is C17H30N4S. The second kappa shape index (κ2) is 9.85. The number of aliphatic imine (C=N–C) groups is 1. The van der Waals surface area contributed by atoms with E-state index in [0.717, 1.165) is 19.0 Å². The number of hydrogen-bond donors (Lipinski definition) is 2. The van der Waals surface area contributed by atoms with Gasteiger partial charge in [0.25, 0.3) is 0 Å². The molecule has 0 aromatic carbocycles. The number of rotatable bonds is 8. The zero-order valence-electron chi connectivity index (χ0n) is 14.0. The normalized spacial score (nSPS) is 17.6. The van der Waals surface area contributed by atoms with Gasteiger partial charge >= 0.3 is 0 Å². The van der Waals surface area contributed by atoms with Crippen molar-refractivity contribution in [1.82, 2.24) is 15.5 Å². The molecule has 0 aliphatic carbocycles. The average molecular weight is 323 g/mol. The smallest absolute Gasteiger partial charge is 0.190 e. The molecule has 2 rings (SSSR count). The molecule has 1 aromatic heterocycles. The van der Waals surface area contributed by atoms with Crippen molar-refractivity contribution in [2.45, 2.75) is 38.5 Å². The van der Waals surface area contributed by atoms with Crippen LogP contribution in [0.1, 0.15) is 43.4 Å². The lowest BCUT2D eigenvalue weighted by Gasteiger charge is -2.16. The van der Waals surface area contributed by atoms with E-state index in [1.807, 2.05) is 18.4 Å². The molecule has 2 heterocycles. The van der Waals surface area contributed by atoms with Gasteiger partial charge in [-0.3, -0.25) is 4.99 Å². The van der Waals surface area contributed by atoms with Crippen molar-refractivity contribution in [2.24, 2.45) is 4.99 Å². The van der Waals surface area contributed by atoms with Crippen LogP contribution in [0.4, 0.5) is 0 Å². The SMILES string of the molecule is CN=C(NCCCCN1CCCC1)NCC(C)c1cccs1. The highest BCUT2D eigenvalue weighted by Gasteiger charge is 2.10. The summed E-state index contributed by atoms with van der Waals surface area (Å²) in [5, 5.41) is 8.98. The van der Waals surface area contributed by atoms with Gasteiger partial charge in [0, 0.05) is 30.9 Å². The van der Waals surface area contributed by atoms with Crippen molar-refractivity contribution in [3.8, 4) is 0 Å². The van der Waals surface area contributed by atoms with Crippen LogP contribution in [0.5, 0.6) is 0 Å². The minimum Gasteiger partial charge on any atom is -0.356 e. The maximum absolute atomic E-state index is 4.30. The van der Waals surface area contributed by atoms with Crippen LogP contribution in [0.2, 0.25) is 0 Å². The van der Waals surface area contributed by atoms with Crippen molar-refractivity contribution < 1.29 is 0 Å². The summed E-state index contributed by atoms with van der Waals surface area (Å²) in [7, 11) is 1.84. The summed E-state index contributed by atoms with van der Waals surface area (Å²) in [4.78, 5) is 8.31. The summed E-state index contributed by atoms with van der Waals surface area (Å²) >= 11 is 1.82. The highest BCUT2D eigenvalue weighted by molar-refractivity contribution is 7.10. The first-order valence-corrected chi connectivity index (χ1v) is 9.38. The Morgan fingerprint density at radius 3 is 2.82 bits per heavy atom. The minimum atomic E-state index is 0.522. The molecule has 5 heteroatoms. The molecule has 1 aromatic rings. The van der Waals surface area contributed by atoms with Gasteiger partial charge in [-0.05, 0) is 56.8 Å². The average Bonchev–Trinajstić information content (AvgIpc) is 3.22. The zero-order chi connectivity index (χ0) is 15.6. The van der Waals surface area contributed by atoms with E-state index in [2.05, 4.69) is 45.0 Å². The van der Waals surface area contributed by atoms with Gasteiger partial charge in [-0.2, -0.15) is 0 Å². The third-order valence-electron chi connectivity index (χ3n) is 4.22. The van der Waals surface area contributed by atoms with Crippen molar-refractivity contribution in [3.63, 3.8) is 0 Å². The Balaban J connectivity index is 1.55. The van der Waals surface area contributed by atoms with E-state index in [4.69, 9.17) is 0 Å². The number of guanidine groups is 1. The fraction of sp³-hybridized carbons (Fsp3) is 0.706. The topological polar surface area (TPSA) is 39.7 Å². The molecule has 1 aliphatic heterocycles. The Labute approximate surface area is 139 Å². The minimum absolute atomic E-state index is 0.522. The Morgan fingerprint density at radius 1 is 1.32 bits per heavy atom. The first kappa shape index (κ1) is 17.3. The van der Waals surface area contributed by atoms with Crippen LogP contribution in [0.25, 0.3) is 0 Å². The molecule has 1 saturated heterocycles. The molecular weight excluding hydrogens is 292 g/mol. The summed E-state index contributed by atoms with van der Waals surface area (Å²) in [6.45, 7) is 8.04. The van der Waals surface area contributed by atoms with Crippen LogP contribution in [0.3, 0.4) is 0 Å². The number of thiophene rings is 1. The lowest BCUT2D eigenvalue weighted by molar-refractivity contribution is 0.330. The van der Waals surface area contributed by atoms with Gasteiger partial charge in [-0.15, -0.1) is 11.3 Å². The van der Waals surface area contributed by atoms with Crippen molar-refractivity contribution in [3.05, 3.63) is 22.4 Å². The van der Waals surface area contributed by atoms with Gasteiger partial charge in [0.15, 0.2) is 5.96 Å². The molecule has 0 bridgehead atoms. The first-order valence-electron chi connectivity index (χ1n) is 8.50. The predicted molar refractivity (Wildman–Crippen MR) is 97.0 cm³/mol. The number of unbranched alkanes of at least 4 members (excludes halogenated alkanes) is 1. The maximum atomic E-state index is 4.30. The van der Waals surface area contributed by atoms with Crippen LogP contribution in [0, 0.1) is 0 Å². The molecule has 2 N–H and O–H groups in total. The van der Waals surface area contributed by atoms with Crippen LogP contribution in [0.15, 0.2) is 22.5 Å². The molecule has 1 atom stereocenters. The summed E-state index contributed by atoms with van der Waals surface area (Å²) < 4.78 is 0. The first-order chi connectivity index (χ1) is 10.8. The monoisotopic (exact) mass is 322 g/mol. The van der Waals surface area contributed by atoms with Crippen LogP contribution in [-0.2, 0) is 0 Å². The fourth-order valence-corrected chi connectivity index (χ4v) is 3.60. The highest BCUT2D eigenvalue weighted by Crippen LogP contribution is 2.19. The summed E-state index contributed by atoms with van der Waals surface area (Å²) in [5.41, 5.74) is 0. The van der Waals surface area contributed by atoms with E-state index in [9.17, 15) is 0 Å². The maximum Gasteiger partial charge on any atom is 0.190 e. The molecule has 0 amide bonds. The second-order valence-electron chi connectivity index (χ2n) is 6.05. The van der Waals surface area contributed by atoms with Gasteiger partial charge in [-0.1, -0.05) is 13.0 Å². The molecule has 124 valence electrons. The van der Waals surface area contributed by atoms with E-state index in [0.29, 0.717) is 5.92 Å². The standard InChI is InChI=1S/C17H30N4S/c1-15(16-8-7-13-22-16)14-20-17(18-2)19-9-3-4-10-21-11-5-6-12-21/h7-8,13,15H,3-6,9-12,14H2,1-2H3,(H2,18,19,20). The van der Waals surface area contributed by atoms with E-state index < -0.39 is 0 Å². The van der Waals surface area contributed by atoms with Crippen LogP contribution >= 0.6 is 11.3 Å². The Morgan fingerprint density at radius 2 is 2.14 bits per heavy atom. The van der Waals surface area contributed by atoms with Gasteiger partial charge < -0.3 is 15.5 Å². The number of nitrogens with zero attached hydrogens (tertiary/aromatic N) is 2. The second-order valence-corrected chi connectivity index (χ2v) is 7.03. The number of nitrogens with one attached hydrogen (secondary N) is 2. The molecule has 1 unspecified atom stereocenters. The Bertz CT molecular complexity index is 424. The van der Waals surface area contributed by atoms with Crippen molar-refractivity contribution >= 4 is 17.3 Å². The predicted octanol–water partition coefficient (Wildman–Crippen LogP) is 2.89.